The van der Waals surface area contributed by atoms with Gasteiger partial charge in [0.1, 0.15) is 5.82 Å². The SMILES string of the molecule is CC.CC(F)(F)C1(C)CC1.CN1CC2(C1)CN(C(=O)c1cnn(Cc3ccc(F)cc3)c1)CC2COCc1cccc(C2CCC(F)(F)CC2)c1C(=O)NS(C)(=O)=O. The van der Waals surface area contributed by atoms with Crippen molar-refractivity contribution in [1.29, 1.82) is 0 Å². The normalized spacial score (nSPS) is 20.9. The van der Waals surface area contributed by atoms with Crippen molar-refractivity contribution in [2.24, 2.45) is 16.7 Å². The smallest absolute Gasteiger partial charge is 0.265 e. The standard InChI is InChI=1S/C34H40F3N5O5S.C6H10F2.C2H6/c1-40-20-33(21-40)22-41(32(44)26-14-38-42(16-26)15-23-6-8-28(35)9-7-23)17-27(33)19-47-18-25-4-3-5-29(24-10-12-34(36,37)13-11-24)30(25)31(43)39-48(2,45)46;1-5(3-4-5)6(2,7)8;1-2/h3-9,14,16,24,27H,10-13,15,17-22H2,1-2H3,(H,39,43);3-4H2,1-2H3;1-2H3. The van der Waals surface area contributed by atoms with Crippen molar-refractivity contribution in [2.75, 3.05) is 46.1 Å². The number of nitrogens with one attached hydrogen (secondary N) is 1. The van der Waals surface area contributed by atoms with Gasteiger partial charge in [-0.3, -0.25) is 14.3 Å². The van der Waals surface area contributed by atoms with Crippen molar-refractivity contribution in [3.8, 4) is 0 Å². The van der Waals surface area contributed by atoms with Gasteiger partial charge in [-0.25, -0.2) is 35.1 Å². The summed E-state index contributed by atoms with van der Waals surface area (Å²) in [6, 6.07) is 11.3. The molecule has 2 saturated heterocycles. The number of sulfonamides is 1. The molecule has 0 radical (unpaired) electrons. The van der Waals surface area contributed by atoms with E-state index < -0.39 is 33.2 Å². The first-order chi connectivity index (χ1) is 27.2. The van der Waals surface area contributed by atoms with Crippen LogP contribution in [0.1, 0.15) is 110 Å². The third kappa shape index (κ3) is 11.0. The number of carbonyl (C=O) groups excluding carboxylic acids is 2. The van der Waals surface area contributed by atoms with E-state index in [4.69, 9.17) is 4.74 Å². The fourth-order valence-corrected chi connectivity index (χ4v) is 8.63. The lowest BCUT2D eigenvalue weighted by molar-refractivity contribution is -0.0462. The number of alkyl halides is 4. The summed E-state index contributed by atoms with van der Waals surface area (Å²) in [5, 5.41) is 4.34. The van der Waals surface area contributed by atoms with Gasteiger partial charge in [0.15, 0.2) is 0 Å². The number of aromatic nitrogens is 2. The topological polar surface area (TPSA) is 114 Å². The second-order valence-electron chi connectivity index (χ2n) is 16.6. The molecular formula is C42H56F5N5O5S. The van der Waals surface area contributed by atoms with Gasteiger partial charge in [-0.1, -0.05) is 51.1 Å². The first-order valence-corrected chi connectivity index (χ1v) is 21.8. The highest BCUT2D eigenvalue weighted by Gasteiger charge is 2.55. The number of rotatable bonds is 11. The second kappa shape index (κ2) is 17.8. The molecule has 3 heterocycles. The number of hydrogen-bond acceptors (Lipinski definition) is 7. The van der Waals surface area contributed by atoms with Crippen LogP contribution in [0.4, 0.5) is 22.0 Å². The summed E-state index contributed by atoms with van der Waals surface area (Å²) in [4.78, 5) is 30.9. The molecule has 2 aromatic carbocycles. The first-order valence-electron chi connectivity index (χ1n) is 19.9. The van der Waals surface area contributed by atoms with E-state index in [2.05, 4.69) is 10.00 Å². The maximum absolute atomic E-state index is 13.9. The number of nitrogens with zero attached hydrogens (tertiary/aromatic N) is 4. The van der Waals surface area contributed by atoms with Gasteiger partial charge in [-0.2, -0.15) is 5.10 Å². The molecule has 3 aromatic rings. The fourth-order valence-electron chi connectivity index (χ4n) is 8.19. The zero-order valence-corrected chi connectivity index (χ0v) is 35.0. The van der Waals surface area contributed by atoms with Gasteiger partial charge in [0, 0.05) is 67.5 Å². The van der Waals surface area contributed by atoms with Crippen molar-refractivity contribution in [2.45, 2.75) is 97.1 Å². The van der Waals surface area contributed by atoms with E-state index in [1.54, 1.807) is 54.3 Å². The van der Waals surface area contributed by atoms with Crippen LogP contribution in [0.25, 0.3) is 0 Å². The Morgan fingerprint density at radius 1 is 1.00 bits per heavy atom. The molecule has 320 valence electrons. The van der Waals surface area contributed by atoms with Crippen LogP contribution in [-0.2, 0) is 27.9 Å². The van der Waals surface area contributed by atoms with Crippen molar-refractivity contribution < 1.29 is 44.7 Å². The largest absolute Gasteiger partial charge is 0.376 e. The monoisotopic (exact) mass is 837 g/mol. The third-order valence-electron chi connectivity index (χ3n) is 11.9. The average Bonchev–Trinajstić information content (AvgIpc) is 3.57. The van der Waals surface area contributed by atoms with Crippen molar-refractivity contribution >= 4 is 21.8 Å². The van der Waals surface area contributed by atoms with Crippen molar-refractivity contribution in [3.05, 3.63) is 88.5 Å². The van der Waals surface area contributed by atoms with Gasteiger partial charge in [0.05, 0.1) is 37.8 Å². The van der Waals surface area contributed by atoms with Gasteiger partial charge in [-0.15, -0.1) is 0 Å². The van der Waals surface area contributed by atoms with Gasteiger partial charge in [-0.05, 0) is 74.4 Å². The minimum Gasteiger partial charge on any atom is -0.376 e. The average molecular weight is 838 g/mol. The predicted molar refractivity (Wildman–Crippen MR) is 211 cm³/mol. The fraction of sp³-hybridized carbons (Fsp3) is 0.595. The highest BCUT2D eigenvalue weighted by Crippen LogP contribution is 2.56. The van der Waals surface area contributed by atoms with Crippen molar-refractivity contribution in [1.82, 2.24) is 24.3 Å². The molecule has 1 aromatic heterocycles. The number of hydrogen-bond donors (Lipinski definition) is 1. The molecule has 1 N–H and O–H groups in total. The van der Waals surface area contributed by atoms with E-state index >= 15 is 0 Å². The summed E-state index contributed by atoms with van der Waals surface area (Å²) < 4.78 is 99.7. The van der Waals surface area contributed by atoms with E-state index in [0.29, 0.717) is 55.8 Å². The van der Waals surface area contributed by atoms with Gasteiger partial charge < -0.3 is 14.5 Å². The van der Waals surface area contributed by atoms with Crippen LogP contribution in [0, 0.1) is 22.6 Å². The van der Waals surface area contributed by atoms with Crippen LogP contribution in [0.2, 0.25) is 0 Å². The van der Waals surface area contributed by atoms with E-state index in [0.717, 1.165) is 31.8 Å². The van der Waals surface area contributed by atoms with Crippen LogP contribution < -0.4 is 4.72 Å². The molecule has 4 aliphatic rings. The molecule has 1 spiro atoms. The van der Waals surface area contributed by atoms with E-state index in [1.807, 2.05) is 30.5 Å². The maximum Gasteiger partial charge on any atom is 0.265 e. The number of carbonyl (C=O) groups is 2. The minimum atomic E-state index is -3.88. The van der Waals surface area contributed by atoms with Crippen LogP contribution in [-0.4, -0.2) is 97.7 Å². The summed E-state index contributed by atoms with van der Waals surface area (Å²) in [7, 11) is -1.86. The molecule has 4 fully saturated rings. The Morgan fingerprint density at radius 2 is 1.64 bits per heavy atom. The van der Waals surface area contributed by atoms with E-state index in [-0.39, 0.29) is 66.8 Å². The van der Waals surface area contributed by atoms with Crippen LogP contribution in [0.5, 0.6) is 0 Å². The molecule has 0 bridgehead atoms. The van der Waals surface area contributed by atoms with E-state index in [1.165, 1.54) is 12.1 Å². The van der Waals surface area contributed by atoms with Crippen molar-refractivity contribution in [3.63, 3.8) is 0 Å². The Morgan fingerprint density at radius 3 is 2.19 bits per heavy atom. The third-order valence-corrected chi connectivity index (χ3v) is 12.4. The van der Waals surface area contributed by atoms with Crippen LogP contribution in [0.3, 0.4) is 0 Å². The molecule has 1 unspecified atom stereocenters. The van der Waals surface area contributed by atoms with Gasteiger partial charge in [0.25, 0.3) is 17.7 Å². The lowest BCUT2D eigenvalue weighted by atomic mass is 9.72. The van der Waals surface area contributed by atoms with Crippen LogP contribution >= 0.6 is 0 Å². The summed E-state index contributed by atoms with van der Waals surface area (Å²) in [5.74, 6) is -6.77. The number of likely N-dealkylation sites (tertiary alicyclic amines) is 2. The quantitative estimate of drug-likeness (QED) is 0.197. The number of ether oxygens (including phenoxy) is 1. The summed E-state index contributed by atoms with van der Waals surface area (Å²) >= 11 is 0. The van der Waals surface area contributed by atoms with Gasteiger partial charge >= 0.3 is 0 Å². The summed E-state index contributed by atoms with van der Waals surface area (Å²) in [6.45, 7) is 9.94. The molecule has 2 amide bonds. The Labute approximate surface area is 338 Å². The Bertz CT molecular complexity index is 2000. The maximum atomic E-state index is 13.9. The summed E-state index contributed by atoms with van der Waals surface area (Å²) in [6.07, 6.45) is 5.28. The molecule has 58 heavy (non-hydrogen) atoms. The Kier molecular flexibility index (Phi) is 13.8. The molecule has 1 atom stereocenters. The molecule has 16 heteroatoms. The Hall–Kier alpha value is -3.89. The number of amides is 2. The van der Waals surface area contributed by atoms with Gasteiger partial charge in [0.2, 0.25) is 15.9 Å². The zero-order chi connectivity index (χ0) is 42.7. The van der Waals surface area contributed by atoms with Crippen LogP contribution in [0.15, 0.2) is 54.9 Å². The number of halogens is 5. The second-order valence-corrected chi connectivity index (χ2v) is 18.4. The lowest BCUT2D eigenvalue weighted by Gasteiger charge is -2.49. The zero-order valence-electron chi connectivity index (χ0n) is 34.2. The molecule has 10 nitrogen and oxygen atoms in total. The first kappa shape index (κ1) is 45.2. The van der Waals surface area contributed by atoms with E-state index in [9.17, 15) is 40.0 Å². The molecule has 2 aliphatic carbocycles. The Balaban J connectivity index is 0.000000566. The lowest BCUT2D eigenvalue weighted by Crippen LogP contribution is -2.59. The molecule has 7 rings (SSSR count). The molecular weight excluding hydrogens is 782 g/mol. The highest BCUT2D eigenvalue weighted by molar-refractivity contribution is 7.89. The highest BCUT2D eigenvalue weighted by atomic mass is 32.2. The summed E-state index contributed by atoms with van der Waals surface area (Å²) in [5.41, 5.74) is 1.67. The molecule has 2 aliphatic heterocycles. The minimum absolute atomic E-state index is 0.00367. The predicted octanol–water partition coefficient (Wildman–Crippen LogP) is 7.74. The molecule has 2 saturated carbocycles. The number of benzene rings is 2.